The lowest BCUT2D eigenvalue weighted by molar-refractivity contribution is 1.02. The van der Waals surface area contributed by atoms with E-state index in [0.29, 0.717) is 5.95 Å². The van der Waals surface area contributed by atoms with Crippen molar-refractivity contribution in [3.8, 4) is 44.5 Å². The quantitative estimate of drug-likeness (QED) is 0.174. The van der Waals surface area contributed by atoms with Crippen molar-refractivity contribution in [3.05, 3.63) is 206 Å². The summed E-state index contributed by atoms with van der Waals surface area (Å²) in [5.41, 5.74) is 12.1. The van der Waals surface area contributed by atoms with Crippen molar-refractivity contribution in [1.82, 2.24) is 19.1 Å². The van der Waals surface area contributed by atoms with Crippen molar-refractivity contribution in [1.29, 1.82) is 0 Å². The van der Waals surface area contributed by atoms with Gasteiger partial charge in [0.25, 0.3) is 0 Å². The second kappa shape index (κ2) is 13.3. The normalized spacial score (nSPS) is 11.9. The molecular formula is C56H34N4S. The predicted octanol–water partition coefficient (Wildman–Crippen LogP) is 15.2. The maximum absolute atomic E-state index is 5.48. The van der Waals surface area contributed by atoms with Gasteiger partial charge < -0.3 is 4.57 Å². The van der Waals surface area contributed by atoms with Crippen molar-refractivity contribution >= 4 is 86.7 Å². The second-order valence-electron chi connectivity index (χ2n) is 15.8. The lowest BCUT2D eigenvalue weighted by atomic mass is 9.98. The van der Waals surface area contributed by atoms with E-state index in [1.165, 1.54) is 59.4 Å². The fourth-order valence-electron chi connectivity index (χ4n) is 9.56. The van der Waals surface area contributed by atoms with Gasteiger partial charge in [0.2, 0.25) is 5.95 Å². The van der Waals surface area contributed by atoms with E-state index in [1.54, 1.807) is 11.3 Å². The third-order valence-corrected chi connectivity index (χ3v) is 13.5. The first-order chi connectivity index (χ1) is 30.2. The standard InChI is InChI=1S/C56H34N4S/c1-4-16-36(17-5-1)51-34-47-55(61-51)53(37-18-6-2-7-19-37)58-56(57-47)60-48-29-28-40(32-45(48)46-31-38-20-10-11-21-39(38)33-50(46)60)43-25-14-26-44-52-42-24-13-12-15-35(42)27-30-49(52)59(54(43)44)41-22-8-3-9-23-41/h1-34H. The minimum Gasteiger partial charge on any atom is -0.309 e. The SMILES string of the molecule is c1ccc(-c2cc3nc(-n4c5ccc(-c6cccc7c8c9ccccc9ccc8n(-c8ccccc8)c67)cc5c5cc6ccccc6cc54)nc(-c4ccccc4)c3s2)cc1. The first-order valence-corrected chi connectivity index (χ1v) is 21.5. The minimum atomic E-state index is 0.657. The Hall–Kier alpha value is -7.86. The third-order valence-electron chi connectivity index (χ3n) is 12.3. The number of hydrogen-bond donors (Lipinski definition) is 0. The van der Waals surface area contributed by atoms with Gasteiger partial charge in [0, 0.05) is 43.2 Å². The highest BCUT2D eigenvalue weighted by molar-refractivity contribution is 7.22. The molecular weight excluding hydrogens is 761 g/mol. The summed E-state index contributed by atoms with van der Waals surface area (Å²) < 4.78 is 5.81. The summed E-state index contributed by atoms with van der Waals surface area (Å²) in [7, 11) is 0. The molecule has 0 spiro atoms. The molecule has 0 unspecified atom stereocenters. The largest absolute Gasteiger partial charge is 0.309 e. The zero-order valence-corrected chi connectivity index (χ0v) is 33.6. The van der Waals surface area contributed by atoms with Crippen LogP contribution in [-0.2, 0) is 0 Å². The van der Waals surface area contributed by atoms with Crippen molar-refractivity contribution in [2.45, 2.75) is 0 Å². The molecule has 0 bridgehead atoms. The van der Waals surface area contributed by atoms with Crippen LogP contribution in [-0.4, -0.2) is 19.1 Å². The Kier molecular flexibility index (Phi) is 7.44. The summed E-state index contributed by atoms with van der Waals surface area (Å²) in [6.45, 7) is 0. The molecule has 0 atom stereocenters. The van der Waals surface area contributed by atoms with E-state index in [9.17, 15) is 0 Å². The summed E-state index contributed by atoms with van der Waals surface area (Å²) in [5, 5.41) is 9.70. The van der Waals surface area contributed by atoms with Gasteiger partial charge in [0.05, 0.1) is 38.0 Å². The highest BCUT2D eigenvalue weighted by Crippen LogP contribution is 2.44. The fourth-order valence-corrected chi connectivity index (χ4v) is 10.7. The maximum Gasteiger partial charge on any atom is 0.235 e. The molecule has 61 heavy (non-hydrogen) atoms. The predicted molar refractivity (Wildman–Crippen MR) is 257 cm³/mol. The van der Waals surface area contributed by atoms with Crippen LogP contribution in [0.15, 0.2) is 206 Å². The molecule has 0 fully saturated rings. The van der Waals surface area contributed by atoms with E-state index >= 15 is 0 Å². The van der Waals surface area contributed by atoms with Gasteiger partial charge in [-0.1, -0.05) is 158 Å². The molecule has 0 aliphatic heterocycles. The summed E-state index contributed by atoms with van der Waals surface area (Å²) in [6.07, 6.45) is 0. The van der Waals surface area contributed by atoms with Gasteiger partial charge in [-0.25, -0.2) is 9.97 Å². The Labute approximate surface area is 354 Å². The number of thiophene rings is 1. The zero-order valence-electron chi connectivity index (χ0n) is 32.8. The number of fused-ring (bicyclic) bond motifs is 10. The second-order valence-corrected chi connectivity index (χ2v) is 16.8. The smallest absolute Gasteiger partial charge is 0.235 e. The first kappa shape index (κ1) is 34.0. The average molecular weight is 795 g/mol. The molecule has 4 nitrogen and oxygen atoms in total. The molecule has 4 heterocycles. The van der Waals surface area contributed by atoms with Crippen LogP contribution in [0.3, 0.4) is 0 Å². The molecule has 13 aromatic rings. The van der Waals surface area contributed by atoms with Crippen molar-refractivity contribution in [3.63, 3.8) is 0 Å². The van der Waals surface area contributed by atoms with Crippen LogP contribution < -0.4 is 0 Å². The molecule has 284 valence electrons. The molecule has 9 aromatic carbocycles. The average Bonchev–Trinajstić information content (AvgIpc) is 4.01. The molecule has 13 rings (SSSR count). The van der Waals surface area contributed by atoms with E-state index < -0.39 is 0 Å². The van der Waals surface area contributed by atoms with E-state index in [2.05, 4.69) is 215 Å². The van der Waals surface area contributed by atoms with Crippen LogP contribution in [0.2, 0.25) is 0 Å². The molecule has 0 aliphatic carbocycles. The molecule has 0 amide bonds. The lowest BCUT2D eigenvalue weighted by Gasteiger charge is -2.12. The Balaban J connectivity index is 1.10. The van der Waals surface area contributed by atoms with Crippen LogP contribution >= 0.6 is 11.3 Å². The Morgan fingerprint density at radius 1 is 0.393 bits per heavy atom. The van der Waals surface area contributed by atoms with Gasteiger partial charge >= 0.3 is 0 Å². The lowest BCUT2D eigenvalue weighted by Crippen LogP contribution is -2.02. The highest BCUT2D eigenvalue weighted by Gasteiger charge is 2.22. The topological polar surface area (TPSA) is 35.6 Å². The number of nitrogens with zero attached hydrogens (tertiary/aromatic N) is 4. The van der Waals surface area contributed by atoms with Gasteiger partial charge in [-0.3, -0.25) is 4.57 Å². The molecule has 5 heteroatoms. The minimum absolute atomic E-state index is 0.657. The van der Waals surface area contributed by atoms with Crippen molar-refractivity contribution in [2.75, 3.05) is 0 Å². The summed E-state index contributed by atoms with van der Waals surface area (Å²) in [6, 6.07) is 74.4. The van der Waals surface area contributed by atoms with Gasteiger partial charge in [0.1, 0.15) is 0 Å². The van der Waals surface area contributed by atoms with E-state index in [1.807, 2.05) is 0 Å². The number of para-hydroxylation sites is 2. The number of benzene rings is 9. The summed E-state index contributed by atoms with van der Waals surface area (Å²) >= 11 is 1.75. The molecule has 4 aromatic heterocycles. The highest BCUT2D eigenvalue weighted by atomic mass is 32.1. The van der Waals surface area contributed by atoms with Gasteiger partial charge in [0.15, 0.2) is 0 Å². The van der Waals surface area contributed by atoms with Gasteiger partial charge in [-0.2, -0.15) is 0 Å². The van der Waals surface area contributed by atoms with Crippen molar-refractivity contribution in [2.24, 2.45) is 0 Å². The van der Waals surface area contributed by atoms with E-state index in [4.69, 9.17) is 9.97 Å². The Morgan fingerprint density at radius 3 is 1.85 bits per heavy atom. The number of aromatic nitrogens is 4. The first-order valence-electron chi connectivity index (χ1n) is 20.7. The third kappa shape index (κ3) is 5.24. The van der Waals surface area contributed by atoms with E-state index in [-0.39, 0.29) is 0 Å². The van der Waals surface area contributed by atoms with Gasteiger partial charge in [-0.15, -0.1) is 11.3 Å². The summed E-state index contributed by atoms with van der Waals surface area (Å²) in [5.74, 6) is 0.657. The zero-order chi connectivity index (χ0) is 40.0. The molecule has 0 saturated heterocycles. The Morgan fingerprint density at radius 2 is 1.05 bits per heavy atom. The van der Waals surface area contributed by atoms with Crippen LogP contribution in [0, 0.1) is 0 Å². The fraction of sp³-hybridized carbons (Fsp3) is 0. The number of hydrogen-bond acceptors (Lipinski definition) is 3. The monoisotopic (exact) mass is 794 g/mol. The van der Waals surface area contributed by atoms with Crippen molar-refractivity contribution < 1.29 is 0 Å². The maximum atomic E-state index is 5.48. The van der Waals surface area contributed by atoms with Gasteiger partial charge in [-0.05, 0) is 81.2 Å². The van der Waals surface area contributed by atoms with Crippen LogP contribution in [0.1, 0.15) is 0 Å². The van der Waals surface area contributed by atoms with Crippen LogP contribution in [0.25, 0.3) is 120 Å². The molecule has 0 N–H and O–H groups in total. The summed E-state index contributed by atoms with van der Waals surface area (Å²) in [4.78, 5) is 12.1. The van der Waals surface area contributed by atoms with Crippen LogP contribution in [0.4, 0.5) is 0 Å². The molecule has 0 aliphatic rings. The number of rotatable bonds is 5. The van der Waals surface area contributed by atoms with Crippen LogP contribution in [0.5, 0.6) is 0 Å². The molecule has 0 saturated carbocycles. The molecule has 0 radical (unpaired) electrons. The Bertz CT molecular complexity index is 3860. The van der Waals surface area contributed by atoms with E-state index in [0.717, 1.165) is 54.5 Å².